The monoisotopic (exact) mass is 394 g/mol. The summed E-state index contributed by atoms with van der Waals surface area (Å²) in [4.78, 5) is 14.9. The summed E-state index contributed by atoms with van der Waals surface area (Å²) in [5.74, 6) is 1.28. The second-order valence-corrected chi connectivity index (χ2v) is 7.57. The number of amides is 1. The quantitative estimate of drug-likeness (QED) is 0.596. The molecule has 144 valence electrons. The van der Waals surface area contributed by atoms with E-state index in [0.29, 0.717) is 10.9 Å². The van der Waals surface area contributed by atoms with E-state index in [-0.39, 0.29) is 11.9 Å². The largest absolute Gasteiger partial charge is 0.497 e. The Morgan fingerprint density at radius 2 is 1.96 bits per heavy atom. The normalized spacial score (nSPS) is 16.3. The summed E-state index contributed by atoms with van der Waals surface area (Å²) in [5, 5.41) is 8.90. The van der Waals surface area contributed by atoms with Gasteiger partial charge in [0.25, 0.3) is 0 Å². The molecule has 0 bridgehead atoms. The molecule has 1 amide bonds. The van der Waals surface area contributed by atoms with Gasteiger partial charge in [-0.25, -0.2) is 0 Å². The van der Waals surface area contributed by atoms with Crippen molar-refractivity contribution in [1.82, 2.24) is 19.7 Å². The first-order valence-corrected chi connectivity index (χ1v) is 10.3. The smallest absolute Gasteiger partial charge is 0.233 e. The number of aromatic nitrogens is 3. The molecule has 0 spiro atoms. The maximum atomic E-state index is 12.9. The van der Waals surface area contributed by atoms with Gasteiger partial charge in [0.1, 0.15) is 12.1 Å². The summed E-state index contributed by atoms with van der Waals surface area (Å²) >= 11 is 1.42. The van der Waals surface area contributed by atoms with Gasteiger partial charge >= 0.3 is 0 Å². The van der Waals surface area contributed by atoms with Crippen molar-refractivity contribution < 1.29 is 9.53 Å². The van der Waals surface area contributed by atoms with Crippen molar-refractivity contribution in [2.45, 2.75) is 24.0 Å². The predicted molar refractivity (Wildman–Crippen MR) is 109 cm³/mol. The lowest BCUT2D eigenvalue weighted by Gasteiger charge is -2.25. The van der Waals surface area contributed by atoms with Crippen molar-refractivity contribution in [2.75, 3.05) is 19.4 Å². The third-order valence-corrected chi connectivity index (χ3v) is 5.88. The van der Waals surface area contributed by atoms with E-state index in [2.05, 4.69) is 22.3 Å². The van der Waals surface area contributed by atoms with Crippen LogP contribution in [0.5, 0.6) is 5.75 Å². The fourth-order valence-corrected chi connectivity index (χ4v) is 4.35. The molecule has 1 aliphatic heterocycles. The molecule has 0 radical (unpaired) electrons. The van der Waals surface area contributed by atoms with Crippen LogP contribution in [0.15, 0.2) is 66.1 Å². The second kappa shape index (κ2) is 8.48. The van der Waals surface area contributed by atoms with Crippen LogP contribution in [0.4, 0.5) is 0 Å². The van der Waals surface area contributed by atoms with Crippen LogP contribution in [-0.2, 0) is 4.79 Å². The van der Waals surface area contributed by atoms with E-state index >= 15 is 0 Å². The Hall–Kier alpha value is -2.80. The molecule has 3 aromatic rings. The molecule has 7 heteroatoms. The molecule has 4 rings (SSSR count). The van der Waals surface area contributed by atoms with Gasteiger partial charge in [-0.05, 0) is 42.7 Å². The Kier molecular flexibility index (Phi) is 5.62. The third-order valence-electron chi connectivity index (χ3n) is 4.95. The van der Waals surface area contributed by atoms with Crippen LogP contribution in [-0.4, -0.2) is 45.0 Å². The average Bonchev–Trinajstić information content (AvgIpc) is 3.42. The zero-order valence-electron chi connectivity index (χ0n) is 15.7. The van der Waals surface area contributed by atoms with Crippen molar-refractivity contribution in [3.8, 4) is 11.4 Å². The highest BCUT2D eigenvalue weighted by Gasteiger charge is 2.29. The Labute approximate surface area is 168 Å². The van der Waals surface area contributed by atoms with Crippen molar-refractivity contribution in [3.63, 3.8) is 0 Å². The lowest BCUT2D eigenvalue weighted by molar-refractivity contribution is -0.129. The molecule has 1 fully saturated rings. The third kappa shape index (κ3) is 3.89. The molecule has 0 unspecified atom stereocenters. The highest BCUT2D eigenvalue weighted by atomic mass is 32.2. The van der Waals surface area contributed by atoms with Crippen LogP contribution in [0.25, 0.3) is 5.69 Å². The molecule has 2 aromatic carbocycles. The second-order valence-electron chi connectivity index (χ2n) is 6.63. The Balaban J connectivity index is 1.43. The number of methoxy groups -OCH3 is 1. The minimum absolute atomic E-state index is 0.139. The van der Waals surface area contributed by atoms with Crippen LogP contribution in [0.1, 0.15) is 24.4 Å². The van der Waals surface area contributed by atoms with Gasteiger partial charge in [-0.15, -0.1) is 10.2 Å². The Morgan fingerprint density at radius 3 is 2.71 bits per heavy atom. The van der Waals surface area contributed by atoms with E-state index in [0.717, 1.165) is 30.8 Å². The number of carbonyl (C=O) groups is 1. The van der Waals surface area contributed by atoms with Gasteiger partial charge in [-0.1, -0.05) is 42.1 Å². The number of nitrogens with zero attached hydrogens (tertiary/aromatic N) is 4. The van der Waals surface area contributed by atoms with Gasteiger partial charge in [-0.2, -0.15) is 0 Å². The molecule has 1 saturated heterocycles. The van der Waals surface area contributed by atoms with Crippen LogP contribution >= 0.6 is 11.8 Å². The SMILES string of the molecule is COc1ccc(-n2cnnc2SCC(=O)N2CCC[C@@H]2c2ccccc2)cc1. The summed E-state index contributed by atoms with van der Waals surface area (Å²) in [6.45, 7) is 0.810. The van der Waals surface area contributed by atoms with E-state index in [1.54, 1.807) is 13.4 Å². The van der Waals surface area contributed by atoms with Gasteiger partial charge in [0.2, 0.25) is 5.91 Å². The number of thioether (sulfide) groups is 1. The topological polar surface area (TPSA) is 60.2 Å². The van der Waals surface area contributed by atoms with Crippen LogP contribution < -0.4 is 4.74 Å². The summed E-state index contributed by atoms with van der Waals surface area (Å²) in [7, 11) is 1.64. The molecule has 1 aromatic heterocycles. The number of hydrogen-bond donors (Lipinski definition) is 0. The average molecular weight is 395 g/mol. The van der Waals surface area contributed by atoms with Crippen LogP contribution in [0.2, 0.25) is 0 Å². The highest BCUT2D eigenvalue weighted by Crippen LogP contribution is 2.32. The minimum Gasteiger partial charge on any atom is -0.497 e. The molecule has 1 atom stereocenters. The summed E-state index contributed by atoms with van der Waals surface area (Å²) < 4.78 is 7.09. The summed E-state index contributed by atoms with van der Waals surface area (Å²) in [5.41, 5.74) is 2.14. The first kappa shape index (κ1) is 18.6. The van der Waals surface area contributed by atoms with Gasteiger partial charge in [0.05, 0.1) is 18.9 Å². The Bertz CT molecular complexity index is 927. The number of ether oxygens (including phenoxy) is 1. The van der Waals surface area contributed by atoms with Crippen molar-refractivity contribution in [1.29, 1.82) is 0 Å². The van der Waals surface area contributed by atoms with Crippen molar-refractivity contribution in [3.05, 3.63) is 66.5 Å². The molecular formula is C21H22N4O2S. The van der Waals surface area contributed by atoms with Crippen LogP contribution in [0.3, 0.4) is 0 Å². The zero-order chi connectivity index (χ0) is 19.3. The number of carbonyl (C=O) groups excluding carboxylic acids is 1. The lowest BCUT2D eigenvalue weighted by atomic mass is 10.0. The van der Waals surface area contributed by atoms with Gasteiger partial charge < -0.3 is 9.64 Å². The molecule has 1 aliphatic rings. The summed E-state index contributed by atoms with van der Waals surface area (Å²) in [6.07, 6.45) is 3.72. The maximum absolute atomic E-state index is 12.9. The fourth-order valence-electron chi connectivity index (χ4n) is 3.54. The number of likely N-dealkylation sites (tertiary alicyclic amines) is 1. The van der Waals surface area contributed by atoms with E-state index < -0.39 is 0 Å². The fraction of sp³-hybridized carbons (Fsp3) is 0.286. The zero-order valence-corrected chi connectivity index (χ0v) is 16.5. The maximum Gasteiger partial charge on any atom is 0.233 e. The lowest BCUT2D eigenvalue weighted by Crippen LogP contribution is -2.32. The van der Waals surface area contributed by atoms with Gasteiger partial charge in [0.15, 0.2) is 5.16 Å². The molecule has 2 heterocycles. The predicted octanol–water partition coefficient (Wildman–Crippen LogP) is 3.73. The van der Waals surface area contributed by atoms with Gasteiger partial charge in [-0.3, -0.25) is 9.36 Å². The van der Waals surface area contributed by atoms with E-state index in [1.165, 1.54) is 17.3 Å². The Morgan fingerprint density at radius 1 is 1.18 bits per heavy atom. The van der Waals surface area contributed by atoms with Gasteiger partial charge in [0, 0.05) is 12.2 Å². The van der Waals surface area contributed by atoms with Crippen molar-refractivity contribution in [2.24, 2.45) is 0 Å². The molecule has 6 nitrogen and oxygen atoms in total. The van der Waals surface area contributed by atoms with E-state index in [4.69, 9.17) is 4.74 Å². The minimum atomic E-state index is 0.139. The first-order valence-electron chi connectivity index (χ1n) is 9.28. The molecule has 0 N–H and O–H groups in total. The molecule has 0 aliphatic carbocycles. The van der Waals surface area contributed by atoms with E-state index in [1.807, 2.05) is 51.9 Å². The first-order chi connectivity index (χ1) is 13.8. The number of hydrogen-bond acceptors (Lipinski definition) is 5. The van der Waals surface area contributed by atoms with Crippen molar-refractivity contribution >= 4 is 17.7 Å². The number of benzene rings is 2. The molecule has 0 saturated carbocycles. The molecule has 28 heavy (non-hydrogen) atoms. The highest BCUT2D eigenvalue weighted by molar-refractivity contribution is 7.99. The number of rotatable bonds is 6. The summed E-state index contributed by atoms with van der Waals surface area (Å²) in [6, 6.07) is 18.1. The molecular weight excluding hydrogens is 372 g/mol. The van der Waals surface area contributed by atoms with E-state index in [9.17, 15) is 4.79 Å². The van der Waals surface area contributed by atoms with Crippen LogP contribution in [0, 0.1) is 0 Å². The standard InChI is InChI=1S/C21H22N4O2S/c1-27-18-11-9-17(10-12-18)25-15-22-23-21(25)28-14-20(26)24-13-5-8-19(24)16-6-3-2-4-7-16/h2-4,6-7,9-12,15,19H,5,8,13-14H2,1H3/t19-/m1/s1.